The SMILES string of the molecule is CCOCCn1c(=NC(=O)c2ccc(C(=O)OC)cc2)sc2c3ccccc3ccc21. The summed E-state index contributed by atoms with van der Waals surface area (Å²) in [5.74, 6) is -0.807. The van der Waals surface area contributed by atoms with Gasteiger partial charge in [0.1, 0.15) is 0 Å². The zero-order valence-corrected chi connectivity index (χ0v) is 18.1. The van der Waals surface area contributed by atoms with Gasteiger partial charge in [0.05, 0.1) is 29.5 Å². The van der Waals surface area contributed by atoms with Crippen LogP contribution in [0.2, 0.25) is 0 Å². The average molecular weight is 435 g/mol. The molecule has 0 aliphatic heterocycles. The van der Waals surface area contributed by atoms with Crippen LogP contribution in [-0.2, 0) is 16.0 Å². The maximum atomic E-state index is 12.9. The smallest absolute Gasteiger partial charge is 0.337 e. The largest absolute Gasteiger partial charge is 0.465 e. The van der Waals surface area contributed by atoms with E-state index in [9.17, 15) is 9.59 Å². The molecule has 0 radical (unpaired) electrons. The summed E-state index contributed by atoms with van der Waals surface area (Å²) in [6.07, 6.45) is 0. The molecular weight excluding hydrogens is 412 g/mol. The number of ether oxygens (including phenoxy) is 2. The summed E-state index contributed by atoms with van der Waals surface area (Å²) in [4.78, 5) is 29.5. The number of fused-ring (bicyclic) bond motifs is 3. The summed E-state index contributed by atoms with van der Waals surface area (Å²) in [6.45, 7) is 3.71. The molecule has 0 N–H and O–H groups in total. The highest BCUT2D eigenvalue weighted by Gasteiger charge is 2.12. The molecule has 7 heteroatoms. The van der Waals surface area contributed by atoms with Gasteiger partial charge in [0, 0.05) is 24.1 Å². The third kappa shape index (κ3) is 4.28. The van der Waals surface area contributed by atoms with Crippen LogP contribution in [0.1, 0.15) is 27.6 Å². The van der Waals surface area contributed by atoms with E-state index in [1.54, 1.807) is 24.3 Å². The number of benzene rings is 3. The van der Waals surface area contributed by atoms with E-state index in [1.807, 2.05) is 23.6 Å². The number of rotatable bonds is 6. The maximum absolute atomic E-state index is 12.9. The fraction of sp³-hybridized carbons (Fsp3) is 0.208. The van der Waals surface area contributed by atoms with Crippen molar-refractivity contribution in [3.8, 4) is 0 Å². The summed E-state index contributed by atoms with van der Waals surface area (Å²) in [6, 6.07) is 18.6. The predicted octanol–water partition coefficient (Wildman–Crippen LogP) is 4.42. The number of esters is 1. The first-order valence-electron chi connectivity index (χ1n) is 9.98. The summed E-state index contributed by atoms with van der Waals surface area (Å²) in [5.41, 5.74) is 1.82. The number of carbonyl (C=O) groups excluding carboxylic acids is 2. The molecule has 1 aromatic heterocycles. The van der Waals surface area contributed by atoms with Crippen LogP contribution >= 0.6 is 11.3 Å². The monoisotopic (exact) mass is 434 g/mol. The van der Waals surface area contributed by atoms with Crippen LogP contribution in [0, 0.1) is 0 Å². The summed E-state index contributed by atoms with van der Waals surface area (Å²) >= 11 is 1.49. The van der Waals surface area contributed by atoms with E-state index in [-0.39, 0.29) is 5.91 Å². The zero-order valence-electron chi connectivity index (χ0n) is 17.3. The second-order valence-corrected chi connectivity index (χ2v) is 7.83. The van der Waals surface area contributed by atoms with Gasteiger partial charge in [-0.15, -0.1) is 0 Å². The van der Waals surface area contributed by atoms with Crippen LogP contribution in [0.4, 0.5) is 0 Å². The van der Waals surface area contributed by atoms with Gasteiger partial charge in [-0.05, 0) is 42.6 Å². The zero-order chi connectivity index (χ0) is 21.8. The van der Waals surface area contributed by atoms with Crippen molar-refractivity contribution in [3.63, 3.8) is 0 Å². The average Bonchev–Trinajstić information content (AvgIpc) is 3.16. The number of amides is 1. The molecule has 4 aromatic rings. The van der Waals surface area contributed by atoms with E-state index in [0.717, 1.165) is 21.0 Å². The number of thiazole rings is 1. The van der Waals surface area contributed by atoms with Crippen LogP contribution < -0.4 is 4.80 Å². The van der Waals surface area contributed by atoms with Crippen molar-refractivity contribution in [2.24, 2.45) is 4.99 Å². The molecule has 0 saturated heterocycles. The van der Waals surface area contributed by atoms with E-state index in [1.165, 1.54) is 18.4 Å². The van der Waals surface area contributed by atoms with Gasteiger partial charge in [0.2, 0.25) is 0 Å². The molecule has 0 aliphatic rings. The van der Waals surface area contributed by atoms with Gasteiger partial charge in [-0.25, -0.2) is 4.79 Å². The van der Waals surface area contributed by atoms with Crippen molar-refractivity contribution in [1.29, 1.82) is 0 Å². The van der Waals surface area contributed by atoms with E-state index in [2.05, 4.69) is 29.3 Å². The molecule has 0 bridgehead atoms. The highest BCUT2D eigenvalue weighted by Crippen LogP contribution is 2.27. The Balaban J connectivity index is 1.79. The number of hydrogen-bond acceptors (Lipinski definition) is 5. The highest BCUT2D eigenvalue weighted by molar-refractivity contribution is 7.17. The Bertz CT molecular complexity index is 1320. The molecule has 6 nitrogen and oxygen atoms in total. The number of hydrogen-bond donors (Lipinski definition) is 0. The normalized spacial score (nSPS) is 11.9. The lowest BCUT2D eigenvalue weighted by Gasteiger charge is -2.06. The first-order valence-corrected chi connectivity index (χ1v) is 10.8. The molecular formula is C24H22N2O4S. The quantitative estimate of drug-likeness (QED) is 0.333. The van der Waals surface area contributed by atoms with E-state index in [4.69, 9.17) is 9.47 Å². The molecule has 0 saturated carbocycles. The Hall–Kier alpha value is -3.29. The predicted molar refractivity (Wildman–Crippen MR) is 121 cm³/mol. The fourth-order valence-corrected chi connectivity index (χ4v) is 4.61. The standard InChI is InChI=1S/C24H22N2O4S/c1-3-30-15-14-26-20-13-12-16-6-4-5-7-19(16)21(20)31-24(26)25-22(27)17-8-10-18(11-9-17)23(28)29-2/h4-13H,3,14-15H2,1-2H3. The van der Waals surface area contributed by atoms with Crippen LogP contribution in [0.3, 0.4) is 0 Å². The second kappa shape index (κ2) is 9.24. The Labute approximate surface area is 183 Å². The van der Waals surface area contributed by atoms with Crippen molar-refractivity contribution < 1.29 is 19.1 Å². The minimum atomic E-state index is -0.443. The minimum absolute atomic E-state index is 0.363. The summed E-state index contributed by atoms with van der Waals surface area (Å²) in [7, 11) is 1.32. The number of aromatic nitrogens is 1. The number of carbonyl (C=O) groups is 2. The van der Waals surface area contributed by atoms with Crippen LogP contribution in [0.5, 0.6) is 0 Å². The van der Waals surface area contributed by atoms with Gasteiger partial charge >= 0.3 is 5.97 Å². The number of methoxy groups -OCH3 is 1. The molecule has 4 rings (SSSR count). The fourth-order valence-electron chi connectivity index (χ4n) is 3.42. The van der Waals surface area contributed by atoms with Gasteiger partial charge in [-0.2, -0.15) is 4.99 Å². The van der Waals surface area contributed by atoms with Crippen molar-refractivity contribution in [3.05, 3.63) is 76.6 Å². The maximum Gasteiger partial charge on any atom is 0.337 e. The van der Waals surface area contributed by atoms with Gasteiger partial charge in [0.15, 0.2) is 4.80 Å². The summed E-state index contributed by atoms with van der Waals surface area (Å²) in [5, 5.41) is 2.27. The summed E-state index contributed by atoms with van der Waals surface area (Å²) < 4.78 is 13.4. The highest BCUT2D eigenvalue weighted by atomic mass is 32.1. The lowest BCUT2D eigenvalue weighted by atomic mass is 10.1. The van der Waals surface area contributed by atoms with Gasteiger partial charge < -0.3 is 14.0 Å². The molecule has 31 heavy (non-hydrogen) atoms. The lowest BCUT2D eigenvalue weighted by molar-refractivity contribution is 0.0600. The van der Waals surface area contributed by atoms with Gasteiger partial charge in [-0.1, -0.05) is 41.7 Å². The third-order valence-electron chi connectivity index (χ3n) is 4.99. The van der Waals surface area contributed by atoms with E-state index >= 15 is 0 Å². The molecule has 0 aliphatic carbocycles. The molecule has 1 amide bonds. The van der Waals surface area contributed by atoms with Crippen LogP contribution in [0.25, 0.3) is 21.0 Å². The molecule has 158 valence electrons. The van der Waals surface area contributed by atoms with Crippen LogP contribution in [0.15, 0.2) is 65.7 Å². The van der Waals surface area contributed by atoms with E-state index < -0.39 is 5.97 Å². The molecule has 0 atom stereocenters. The van der Waals surface area contributed by atoms with Crippen molar-refractivity contribution in [1.82, 2.24) is 4.57 Å². The van der Waals surface area contributed by atoms with Crippen LogP contribution in [-0.4, -0.2) is 36.8 Å². The first-order chi connectivity index (χ1) is 15.1. The third-order valence-corrected chi connectivity index (χ3v) is 6.11. The minimum Gasteiger partial charge on any atom is -0.465 e. The van der Waals surface area contributed by atoms with E-state index in [0.29, 0.717) is 35.7 Å². The first kappa shape index (κ1) is 21.0. The Morgan fingerprint density at radius 2 is 1.74 bits per heavy atom. The lowest BCUT2D eigenvalue weighted by Crippen LogP contribution is -2.19. The molecule has 0 fully saturated rings. The topological polar surface area (TPSA) is 69.9 Å². The Kier molecular flexibility index (Phi) is 6.25. The molecule has 0 spiro atoms. The Morgan fingerprint density at radius 1 is 1.00 bits per heavy atom. The molecule has 0 unspecified atom stereocenters. The van der Waals surface area contributed by atoms with Crippen molar-refractivity contribution in [2.45, 2.75) is 13.5 Å². The van der Waals surface area contributed by atoms with Gasteiger partial charge in [0.25, 0.3) is 5.91 Å². The molecule has 3 aromatic carbocycles. The second-order valence-electron chi connectivity index (χ2n) is 6.85. The van der Waals surface area contributed by atoms with Gasteiger partial charge in [-0.3, -0.25) is 4.79 Å². The van der Waals surface area contributed by atoms with Crippen molar-refractivity contribution in [2.75, 3.05) is 20.3 Å². The Morgan fingerprint density at radius 3 is 2.48 bits per heavy atom. The number of nitrogens with zero attached hydrogens (tertiary/aromatic N) is 2. The molecule has 1 heterocycles. The van der Waals surface area contributed by atoms with Crippen molar-refractivity contribution >= 4 is 44.2 Å².